The molecule has 40 valence electrons. The van der Waals surface area contributed by atoms with Gasteiger partial charge in [-0.3, -0.25) is 5.10 Å². The first kappa shape index (κ1) is 4.72. The van der Waals surface area contributed by atoms with Crippen molar-refractivity contribution in [1.82, 2.24) is 10.2 Å². The Morgan fingerprint density at radius 2 is 2.62 bits per heavy atom. The zero-order valence-corrected chi connectivity index (χ0v) is 4.18. The molecule has 3 nitrogen and oxygen atoms in total. The predicted molar refractivity (Wildman–Crippen MR) is 29.7 cm³/mol. The molecule has 3 N–H and O–H groups in total. The Bertz CT molecular complexity index is 201. The highest BCUT2D eigenvalue weighted by Crippen LogP contribution is 1.86. The zero-order chi connectivity index (χ0) is 5.82. The molecule has 1 aromatic rings. The van der Waals surface area contributed by atoms with Crippen LogP contribution in [0.5, 0.6) is 0 Å². The van der Waals surface area contributed by atoms with Crippen molar-refractivity contribution in [3.05, 3.63) is 18.0 Å². The smallest absolute Gasteiger partial charge is 0.0644 e. The third kappa shape index (κ3) is 0.793. The van der Waals surface area contributed by atoms with Gasteiger partial charge >= 0.3 is 0 Å². The predicted octanol–water partition coefficient (Wildman–Crippen LogP) is -0.323. The summed E-state index contributed by atoms with van der Waals surface area (Å²) >= 11 is 0. The summed E-state index contributed by atoms with van der Waals surface area (Å²) in [5.41, 5.74) is 5.73. The van der Waals surface area contributed by atoms with Gasteiger partial charge in [0.2, 0.25) is 0 Å². The molecule has 0 saturated heterocycles. The fraction of sp³-hybridized carbons (Fsp3) is 0. The number of hydrogen-bond acceptors (Lipinski definition) is 2. The third-order valence-electron chi connectivity index (χ3n) is 0.715. The summed E-state index contributed by atoms with van der Waals surface area (Å²) in [4.78, 5) is 0. The lowest BCUT2D eigenvalue weighted by Gasteiger charge is -1.67. The Morgan fingerprint density at radius 3 is 3.12 bits per heavy atom. The minimum Gasteiger partial charge on any atom is -0.359 e. The first-order chi connectivity index (χ1) is 3.93. The monoisotopic (exact) mass is 107 g/mol. The minimum atomic E-state index is 0.813. The molecule has 0 radical (unpaired) electrons. The van der Waals surface area contributed by atoms with E-state index in [0.29, 0.717) is 0 Å². The molecule has 0 fully saturated rings. The number of aromatic amines is 1. The second-order valence-corrected chi connectivity index (χ2v) is 1.26. The normalized spacial score (nSPS) is 7.50. The number of nitrogens with one attached hydrogen (secondary N) is 1. The number of nitrogens with two attached hydrogens (primary N) is 1. The summed E-state index contributed by atoms with van der Waals surface area (Å²) in [6.45, 7) is 0. The van der Waals surface area contributed by atoms with E-state index in [9.17, 15) is 0 Å². The van der Waals surface area contributed by atoms with Crippen LogP contribution in [0.25, 0.3) is 0 Å². The van der Waals surface area contributed by atoms with Crippen molar-refractivity contribution in [3.8, 4) is 12.0 Å². The number of nitrogens with zero attached hydrogens (tertiary/aromatic N) is 1. The lowest BCUT2D eigenvalue weighted by Crippen LogP contribution is -1.76. The topological polar surface area (TPSA) is 54.7 Å². The molecule has 3 heteroatoms. The minimum absolute atomic E-state index is 0.813. The van der Waals surface area contributed by atoms with Gasteiger partial charge in [-0.2, -0.15) is 5.10 Å². The zero-order valence-electron chi connectivity index (χ0n) is 4.18. The van der Waals surface area contributed by atoms with Crippen LogP contribution in [-0.2, 0) is 0 Å². The van der Waals surface area contributed by atoms with Crippen molar-refractivity contribution in [2.75, 3.05) is 0 Å². The van der Waals surface area contributed by atoms with Gasteiger partial charge in [-0.15, -0.1) is 0 Å². The molecule has 1 heterocycles. The lowest BCUT2D eigenvalue weighted by atomic mass is 10.4. The van der Waals surface area contributed by atoms with Gasteiger partial charge in [-0.25, -0.2) is 0 Å². The van der Waals surface area contributed by atoms with E-state index >= 15 is 0 Å². The summed E-state index contributed by atoms with van der Waals surface area (Å²) in [7, 11) is 0. The highest BCUT2D eigenvalue weighted by molar-refractivity contribution is 5.27. The number of hydrogen-bond donors (Lipinski definition) is 2. The lowest BCUT2D eigenvalue weighted by molar-refractivity contribution is 1.09. The quantitative estimate of drug-likeness (QED) is 0.352. The highest BCUT2D eigenvalue weighted by Gasteiger charge is 1.80. The van der Waals surface area contributed by atoms with E-state index in [4.69, 9.17) is 5.73 Å². The molecule has 0 bridgehead atoms. The van der Waals surface area contributed by atoms with Gasteiger partial charge in [0, 0.05) is 12.2 Å². The van der Waals surface area contributed by atoms with Crippen LogP contribution in [0.1, 0.15) is 5.56 Å². The molecule has 0 unspecified atom stereocenters. The molecule has 0 atom stereocenters. The molecule has 1 aromatic heterocycles. The van der Waals surface area contributed by atoms with Crippen molar-refractivity contribution in [1.29, 1.82) is 0 Å². The Hall–Kier alpha value is -1.43. The summed E-state index contributed by atoms with van der Waals surface area (Å²) in [6.07, 6.45) is 3.29. The average molecular weight is 107 g/mol. The van der Waals surface area contributed by atoms with Crippen LogP contribution in [-0.4, -0.2) is 10.2 Å². The molecule has 0 aromatic carbocycles. The molecule has 0 aliphatic carbocycles. The summed E-state index contributed by atoms with van der Waals surface area (Å²) in [6, 6.07) is 2.26. The highest BCUT2D eigenvalue weighted by atomic mass is 15.1. The van der Waals surface area contributed by atoms with Crippen LogP contribution in [0.3, 0.4) is 0 Å². The second kappa shape index (κ2) is 2.03. The van der Waals surface area contributed by atoms with Crippen LogP contribution in [0.4, 0.5) is 0 Å². The van der Waals surface area contributed by atoms with Gasteiger partial charge in [0.1, 0.15) is 0 Å². The van der Waals surface area contributed by atoms with E-state index in [0.717, 1.165) is 5.56 Å². The van der Waals surface area contributed by atoms with Crippen LogP contribution < -0.4 is 5.73 Å². The van der Waals surface area contributed by atoms with Crippen molar-refractivity contribution in [3.63, 3.8) is 0 Å². The van der Waals surface area contributed by atoms with E-state index in [1.54, 1.807) is 12.4 Å². The molecule has 0 aliphatic rings. The van der Waals surface area contributed by atoms with Crippen molar-refractivity contribution in [2.24, 2.45) is 5.73 Å². The second-order valence-electron chi connectivity index (χ2n) is 1.26. The maximum Gasteiger partial charge on any atom is 0.0644 e. The summed E-state index contributed by atoms with van der Waals surface area (Å²) < 4.78 is 0. The third-order valence-corrected chi connectivity index (χ3v) is 0.715. The van der Waals surface area contributed by atoms with E-state index in [2.05, 4.69) is 22.2 Å². The number of aromatic nitrogens is 2. The fourth-order valence-corrected chi connectivity index (χ4v) is 0.403. The Kier molecular flexibility index (Phi) is 1.20. The van der Waals surface area contributed by atoms with Crippen molar-refractivity contribution >= 4 is 0 Å². The van der Waals surface area contributed by atoms with Crippen LogP contribution in [0, 0.1) is 12.0 Å². The number of H-pyrrole nitrogens is 1. The molecule has 1 rings (SSSR count). The van der Waals surface area contributed by atoms with Crippen LogP contribution in [0.15, 0.2) is 12.4 Å². The first-order valence-electron chi connectivity index (χ1n) is 2.14. The van der Waals surface area contributed by atoms with E-state index < -0.39 is 0 Å². The molecule has 0 aliphatic heterocycles. The van der Waals surface area contributed by atoms with E-state index in [1.165, 1.54) is 0 Å². The van der Waals surface area contributed by atoms with Gasteiger partial charge < -0.3 is 5.73 Å². The van der Waals surface area contributed by atoms with Gasteiger partial charge in [0.05, 0.1) is 11.8 Å². The summed E-state index contributed by atoms with van der Waals surface area (Å²) in [5.74, 6) is 2.62. The number of rotatable bonds is 0. The Balaban J connectivity index is 2.88. The maximum atomic E-state index is 4.92. The first-order valence-corrected chi connectivity index (χ1v) is 2.14. The molecular formula is C5H5N3. The van der Waals surface area contributed by atoms with E-state index in [1.807, 2.05) is 0 Å². The van der Waals surface area contributed by atoms with Gasteiger partial charge in [-0.1, -0.05) is 0 Å². The average Bonchev–Trinajstić information content (AvgIpc) is 2.19. The maximum absolute atomic E-state index is 4.92. The van der Waals surface area contributed by atoms with E-state index in [-0.39, 0.29) is 0 Å². The summed E-state index contributed by atoms with van der Waals surface area (Å²) in [5, 5.41) is 6.26. The standard InChI is InChI=1S/C5H5N3/c6-2-1-5-3-7-8-4-5/h3-4H,6H2,(H,7,8). The van der Waals surface area contributed by atoms with Gasteiger partial charge in [-0.05, 0) is 5.92 Å². The molecule has 0 saturated carbocycles. The van der Waals surface area contributed by atoms with Crippen LogP contribution in [0.2, 0.25) is 0 Å². The van der Waals surface area contributed by atoms with Crippen LogP contribution >= 0.6 is 0 Å². The Morgan fingerprint density at radius 1 is 1.75 bits per heavy atom. The largest absolute Gasteiger partial charge is 0.359 e. The Labute approximate surface area is 46.9 Å². The fourth-order valence-electron chi connectivity index (χ4n) is 0.403. The molecule has 8 heavy (non-hydrogen) atoms. The van der Waals surface area contributed by atoms with Gasteiger partial charge in [0.15, 0.2) is 0 Å². The van der Waals surface area contributed by atoms with Gasteiger partial charge in [0.25, 0.3) is 0 Å². The SMILES string of the molecule is NC#Cc1cn[nH]c1. The molecule has 0 spiro atoms. The molecular weight excluding hydrogens is 102 g/mol. The van der Waals surface area contributed by atoms with Crippen molar-refractivity contribution in [2.45, 2.75) is 0 Å². The molecule has 0 amide bonds. The van der Waals surface area contributed by atoms with Crippen molar-refractivity contribution < 1.29 is 0 Å².